The fraction of sp³-hybridized carbons (Fsp3) is 0.533. The largest absolute Gasteiger partial charge is 0.370 e. The first-order valence-corrected chi connectivity index (χ1v) is 7.20. The van der Waals surface area contributed by atoms with E-state index in [0.717, 1.165) is 50.7 Å². The van der Waals surface area contributed by atoms with Crippen molar-refractivity contribution in [2.24, 2.45) is 4.99 Å². The molecule has 1 N–H and O–H groups in total. The fourth-order valence-electron chi connectivity index (χ4n) is 2.87. The van der Waals surface area contributed by atoms with Crippen molar-refractivity contribution in [1.82, 2.24) is 15.1 Å². The molecule has 0 bridgehead atoms. The maximum absolute atomic E-state index is 13.2. The molecule has 1 aromatic rings. The van der Waals surface area contributed by atoms with Crippen molar-refractivity contribution in [1.29, 1.82) is 0 Å². The van der Waals surface area contributed by atoms with Crippen LogP contribution in [0.4, 0.5) is 4.39 Å². The van der Waals surface area contributed by atoms with E-state index in [9.17, 15) is 4.39 Å². The van der Waals surface area contributed by atoms with Crippen molar-refractivity contribution in [3.05, 3.63) is 35.6 Å². The van der Waals surface area contributed by atoms with Gasteiger partial charge in [-0.15, -0.1) is 0 Å². The molecule has 1 atom stereocenters. The molecule has 0 saturated carbocycles. The molecule has 2 aliphatic heterocycles. The van der Waals surface area contributed by atoms with E-state index in [4.69, 9.17) is 0 Å². The standard InChI is InChI=1S/C15H21FN4/c1-19-8-10-20(11-9-19)14(15-17-6-7-18-15)12-2-4-13(16)5-3-12/h2-5,14H,6-11H2,1H3,(H,17,18). The number of hydrogen-bond donors (Lipinski definition) is 1. The van der Waals surface area contributed by atoms with Gasteiger partial charge in [-0.3, -0.25) is 9.89 Å². The molecule has 0 aliphatic carbocycles. The van der Waals surface area contributed by atoms with Crippen LogP contribution in [0.5, 0.6) is 0 Å². The Morgan fingerprint density at radius 3 is 2.45 bits per heavy atom. The summed E-state index contributed by atoms with van der Waals surface area (Å²) in [4.78, 5) is 9.36. The average molecular weight is 276 g/mol. The second-order valence-corrected chi connectivity index (χ2v) is 5.49. The third-order valence-electron chi connectivity index (χ3n) is 4.05. The highest BCUT2D eigenvalue weighted by Gasteiger charge is 2.29. The number of likely N-dealkylation sites (N-methyl/N-ethyl adjacent to an activating group) is 1. The zero-order valence-corrected chi connectivity index (χ0v) is 11.8. The first kappa shape index (κ1) is 13.5. The van der Waals surface area contributed by atoms with Crippen LogP contribution in [-0.2, 0) is 0 Å². The maximum Gasteiger partial charge on any atom is 0.123 e. The number of nitrogens with one attached hydrogen (secondary N) is 1. The number of amidine groups is 1. The summed E-state index contributed by atoms with van der Waals surface area (Å²) in [5.41, 5.74) is 1.11. The number of benzene rings is 1. The smallest absolute Gasteiger partial charge is 0.123 e. The first-order valence-electron chi connectivity index (χ1n) is 7.20. The van der Waals surface area contributed by atoms with Gasteiger partial charge in [-0.2, -0.15) is 0 Å². The molecule has 108 valence electrons. The zero-order valence-electron chi connectivity index (χ0n) is 11.8. The van der Waals surface area contributed by atoms with Gasteiger partial charge in [0.05, 0.1) is 12.6 Å². The molecule has 0 radical (unpaired) electrons. The molecule has 5 heteroatoms. The van der Waals surface area contributed by atoms with Crippen LogP contribution in [0.1, 0.15) is 11.6 Å². The SMILES string of the molecule is CN1CCN(C(C2=NCCN2)c2ccc(F)cc2)CC1. The van der Waals surface area contributed by atoms with E-state index in [1.807, 2.05) is 12.1 Å². The van der Waals surface area contributed by atoms with Crippen molar-refractivity contribution in [2.45, 2.75) is 6.04 Å². The molecular weight excluding hydrogens is 255 g/mol. The normalized spacial score (nSPS) is 22.4. The highest BCUT2D eigenvalue weighted by molar-refractivity contribution is 5.89. The lowest BCUT2D eigenvalue weighted by Crippen LogP contribution is -2.49. The third-order valence-corrected chi connectivity index (χ3v) is 4.05. The van der Waals surface area contributed by atoms with Gasteiger partial charge in [0.1, 0.15) is 11.7 Å². The molecule has 1 aromatic carbocycles. The Morgan fingerprint density at radius 1 is 1.15 bits per heavy atom. The Hall–Kier alpha value is -1.46. The van der Waals surface area contributed by atoms with Crippen molar-refractivity contribution < 1.29 is 4.39 Å². The summed E-state index contributed by atoms with van der Waals surface area (Å²) in [6.45, 7) is 5.88. The lowest BCUT2D eigenvalue weighted by molar-refractivity contribution is 0.136. The molecule has 0 amide bonds. The Balaban J connectivity index is 1.85. The van der Waals surface area contributed by atoms with Crippen LogP contribution in [0.3, 0.4) is 0 Å². The number of aliphatic imine (C=N–C) groups is 1. The minimum Gasteiger partial charge on any atom is -0.370 e. The van der Waals surface area contributed by atoms with Gasteiger partial charge in [0.15, 0.2) is 0 Å². The number of nitrogens with zero attached hydrogens (tertiary/aromatic N) is 3. The number of halogens is 1. The van der Waals surface area contributed by atoms with Crippen LogP contribution < -0.4 is 5.32 Å². The average Bonchev–Trinajstić information content (AvgIpc) is 2.97. The molecule has 1 saturated heterocycles. The van der Waals surface area contributed by atoms with Gasteiger partial charge in [0, 0.05) is 32.7 Å². The summed E-state index contributed by atoms with van der Waals surface area (Å²) < 4.78 is 13.2. The summed E-state index contributed by atoms with van der Waals surface area (Å²) in [7, 11) is 2.15. The van der Waals surface area contributed by atoms with Crippen molar-refractivity contribution in [2.75, 3.05) is 46.3 Å². The van der Waals surface area contributed by atoms with E-state index in [-0.39, 0.29) is 11.9 Å². The van der Waals surface area contributed by atoms with Gasteiger partial charge in [0.25, 0.3) is 0 Å². The van der Waals surface area contributed by atoms with E-state index in [1.54, 1.807) is 0 Å². The predicted molar refractivity (Wildman–Crippen MR) is 78.5 cm³/mol. The van der Waals surface area contributed by atoms with Gasteiger partial charge < -0.3 is 10.2 Å². The summed E-state index contributed by atoms with van der Waals surface area (Å²) in [5.74, 6) is 0.841. The summed E-state index contributed by atoms with van der Waals surface area (Å²) >= 11 is 0. The first-order chi connectivity index (χ1) is 9.74. The summed E-state index contributed by atoms with van der Waals surface area (Å²) in [6.07, 6.45) is 0. The number of hydrogen-bond acceptors (Lipinski definition) is 4. The predicted octanol–water partition coefficient (Wildman–Crippen LogP) is 1.12. The van der Waals surface area contributed by atoms with E-state index in [2.05, 4.69) is 27.2 Å². The highest BCUT2D eigenvalue weighted by atomic mass is 19.1. The molecule has 2 heterocycles. The number of piperazine rings is 1. The molecule has 20 heavy (non-hydrogen) atoms. The van der Waals surface area contributed by atoms with Crippen LogP contribution in [0.2, 0.25) is 0 Å². The molecule has 2 aliphatic rings. The monoisotopic (exact) mass is 276 g/mol. The number of rotatable bonds is 3. The quantitative estimate of drug-likeness (QED) is 0.897. The fourth-order valence-corrected chi connectivity index (χ4v) is 2.87. The Bertz CT molecular complexity index is 477. The molecule has 0 aromatic heterocycles. The molecule has 0 spiro atoms. The molecular formula is C15H21FN4. The van der Waals surface area contributed by atoms with Crippen LogP contribution in [-0.4, -0.2) is 62.0 Å². The zero-order chi connectivity index (χ0) is 13.9. The molecule has 3 rings (SSSR count). The van der Waals surface area contributed by atoms with Gasteiger partial charge in [-0.05, 0) is 24.7 Å². The van der Waals surface area contributed by atoms with Crippen LogP contribution in [0.15, 0.2) is 29.3 Å². The van der Waals surface area contributed by atoms with E-state index in [0.29, 0.717) is 0 Å². The highest BCUT2D eigenvalue weighted by Crippen LogP contribution is 2.24. The van der Waals surface area contributed by atoms with Gasteiger partial charge in [0.2, 0.25) is 0 Å². The molecule has 1 unspecified atom stereocenters. The second kappa shape index (κ2) is 5.89. The molecule has 4 nitrogen and oxygen atoms in total. The van der Waals surface area contributed by atoms with E-state index >= 15 is 0 Å². The van der Waals surface area contributed by atoms with Crippen LogP contribution >= 0.6 is 0 Å². The topological polar surface area (TPSA) is 30.9 Å². The third kappa shape index (κ3) is 2.83. The lowest BCUT2D eigenvalue weighted by Gasteiger charge is -2.38. The Morgan fingerprint density at radius 2 is 1.85 bits per heavy atom. The van der Waals surface area contributed by atoms with Crippen molar-refractivity contribution in [3.8, 4) is 0 Å². The van der Waals surface area contributed by atoms with Crippen molar-refractivity contribution >= 4 is 5.84 Å². The molecule has 1 fully saturated rings. The van der Waals surface area contributed by atoms with Crippen molar-refractivity contribution in [3.63, 3.8) is 0 Å². The Labute approximate surface area is 119 Å². The Kier molecular flexibility index (Phi) is 3.98. The minimum atomic E-state index is -0.188. The summed E-state index contributed by atoms with van der Waals surface area (Å²) in [5, 5.41) is 3.38. The minimum absolute atomic E-state index is 0.131. The van der Waals surface area contributed by atoms with Gasteiger partial charge in [-0.25, -0.2) is 4.39 Å². The summed E-state index contributed by atoms with van der Waals surface area (Å²) in [6, 6.07) is 6.95. The second-order valence-electron chi connectivity index (χ2n) is 5.49. The van der Waals surface area contributed by atoms with Gasteiger partial charge in [-0.1, -0.05) is 12.1 Å². The van der Waals surface area contributed by atoms with Crippen LogP contribution in [0.25, 0.3) is 0 Å². The lowest BCUT2D eigenvalue weighted by atomic mass is 10.0. The maximum atomic E-state index is 13.2. The van der Waals surface area contributed by atoms with E-state index < -0.39 is 0 Å². The van der Waals surface area contributed by atoms with E-state index in [1.165, 1.54) is 12.1 Å². The van der Waals surface area contributed by atoms with Gasteiger partial charge >= 0.3 is 0 Å². The van der Waals surface area contributed by atoms with Crippen LogP contribution in [0, 0.1) is 5.82 Å².